The van der Waals surface area contributed by atoms with E-state index in [0.717, 1.165) is 32.1 Å². The summed E-state index contributed by atoms with van der Waals surface area (Å²) in [4.78, 5) is 16.9. The summed E-state index contributed by atoms with van der Waals surface area (Å²) in [5.41, 5.74) is 0.783. The number of amides is 1. The second-order valence-electron chi connectivity index (χ2n) is 7.37. The molecule has 0 heterocycles. The van der Waals surface area contributed by atoms with Crippen LogP contribution < -0.4 is 16.0 Å². The first-order valence-electron chi connectivity index (χ1n) is 10.2. The molecule has 0 aliphatic heterocycles. The van der Waals surface area contributed by atoms with Crippen molar-refractivity contribution in [2.45, 2.75) is 39.0 Å². The van der Waals surface area contributed by atoms with Gasteiger partial charge in [-0.15, -0.1) is 0 Å². The van der Waals surface area contributed by atoms with E-state index in [2.05, 4.69) is 16.0 Å². The van der Waals surface area contributed by atoms with Crippen LogP contribution in [0.1, 0.15) is 49.4 Å². The van der Waals surface area contributed by atoms with Crippen molar-refractivity contribution < 1.29 is 14.6 Å². The zero-order valence-electron chi connectivity index (χ0n) is 17.1. The number of guanidine groups is 1. The van der Waals surface area contributed by atoms with Crippen LogP contribution in [-0.2, 0) is 4.74 Å². The van der Waals surface area contributed by atoms with Gasteiger partial charge in [-0.05, 0) is 55.9 Å². The number of aromatic hydroxyl groups is 1. The molecule has 1 aliphatic carbocycles. The number of rotatable bonds is 10. The maximum absolute atomic E-state index is 12.1. The number of phenols is 1. The Morgan fingerprint density at radius 3 is 2.46 bits per heavy atom. The molecule has 1 aliphatic rings. The van der Waals surface area contributed by atoms with Crippen molar-refractivity contribution in [1.82, 2.24) is 16.0 Å². The van der Waals surface area contributed by atoms with Crippen molar-refractivity contribution in [1.29, 1.82) is 0 Å². The smallest absolute Gasteiger partial charge is 0.251 e. The summed E-state index contributed by atoms with van der Waals surface area (Å²) in [5, 5.41) is 18.7. The quantitative estimate of drug-likeness (QED) is 0.279. The molecule has 0 spiro atoms. The number of benzene rings is 1. The Kier molecular flexibility index (Phi) is 9.07. The highest BCUT2D eigenvalue weighted by molar-refractivity contribution is 5.94. The second-order valence-corrected chi connectivity index (χ2v) is 7.37. The molecule has 0 bridgehead atoms. The highest BCUT2D eigenvalue weighted by Gasteiger charge is 2.33. The van der Waals surface area contributed by atoms with Gasteiger partial charge in [0.2, 0.25) is 0 Å². The van der Waals surface area contributed by atoms with Crippen LogP contribution in [0.25, 0.3) is 0 Å². The van der Waals surface area contributed by atoms with Crippen LogP contribution in [0.2, 0.25) is 0 Å². The molecular formula is C21H34N4O3. The van der Waals surface area contributed by atoms with E-state index < -0.39 is 0 Å². The van der Waals surface area contributed by atoms with E-state index in [-0.39, 0.29) is 17.1 Å². The Hall–Kier alpha value is -2.28. The lowest BCUT2D eigenvalue weighted by Gasteiger charge is -2.27. The number of hydrogen-bond donors (Lipinski definition) is 4. The van der Waals surface area contributed by atoms with Crippen molar-refractivity contribution in [3.8, 4) is 5.75 Å². The summed E-state index contributed by atoms with van der Waals surface area (Å²) in [6.07, 6.45) is 6.01. The fourth-order valence-electron chi connectivity index (χ4n) is 3.59. The molecule has 1 aromatic rings. The van der Waals surface area contributed by atoms with Crippen LogP contribution in [0.3, 0.4) is 0 Å². The lowest BCUT2D eigenvalue weighted by atomic mass is 9.83. The number of ether oxygens (including phenoxy) is 1. The molecule has 1 aromatic carbocycles. The van der Waals surface area contributed by atoms with Crippen LogP contribution in [-0.4, -0.2) is 56.9 Å². The van der Waals surface area contributed by atoms with E-state index in [4.69, 9.17) is 9.73 Å². The van der Waals surface area contributed by atoms with Crippen LogP contribution in [0.5, 0.6) is 5.75 Å². The number of nitrogens with one attached hydrogen (secondary N) is 3. The summed E-state index contributed by atoms with van der Waals surface area (Å²) in [6.45, 7) is 5.48. The van der Waals surface area contributed by atoms with Gasteiger partial charge < -0.3 is 25.8 Å². The predicted molar refractivity (Wildman–Crippen MR) is 112 cm³/mol. The standard InChI is InChI=1S/C21H34N4O3/c1-3-22-20(25-16-21(12-15-28-2)10-4-5-11-21)24-14-13-23-19(27)17-6-8-18(26)9-7-17/h6-9,26H,3-5,10-16H2,1-2H3,(H,23,27)(H2,22,24,25). The van der Waals surface area contributed by atoms with Gasteiger partial charge in [0, 0.05) is 45.5 Å². The number of carbonyl (C=O) groups excluding carboxylic acids is 1. The Morgan fingerprint density at radius 2 is 1.82 bits per heavy atom. The highest BCUT2D eigenvalue weighted by Crippen LogP contribution is 2.41. The SMILES string of the molecule is CCNC(=NCC1(CCOC)CCCC1)NCCNC(=O)c1ccc(O)cc1. The molecule has 1 fully saturated rings. The lowest BCUT2D eigenvalue weighted by molar-refractivity contribution is 0.0954. The van der Waals surface area contributed by atoms with E-state index in [1.165, 1.54) is 37.8 Å². The van der Waals surface area contributed by atoms with Gasteiger partial charge in [-0.1, -0.05) is 12.8 Å². The van der Waals surface area contributed by atoms with E-state index in [1.54, 1.807) is 19.2 Å². The number of hydrogen-bond acceptors (Lipinski definition) is 4. The van der Waals surface area contributed by atoms with Gasteiger partial charge in [0.05, 0.1) is 0 Å². The van der Waals surface area contributed by atoms with Crippen LogP contribution in [0.4, 0.5) is 0 Å². The average Bonchev–Trinajstić information content (AvgIpc) is 3.17. The first-order chi connectivity index (χ1) is 13.6. The molecule has 7 heteroatoms. The first kappa shape index (κ1) is 22.0. The zero-order chi connectivity index (χ0) is 20.2. The predicted octanol–water partition coefficient (Wildman–Crippen LogP) is 2.27. The van der Waals surface area contributed by atoms with Gasteiger partial charge >= 0.3 is 0 Å². The average molecular weight is 391 g/mol. The number of aliphatic imine (C=N–C) groups is 1. The normalized spacial score (nSPS) is 16.0. The van der Waals surface area contributed by atoms with Crippen molar-refractivity contribution >= 4 is 11.9 Å². The third kappa shape index (κ3) is 7.03. The molecule has 0 aromatic heterocycles. The third-order valence-corrected chi connectivity index (χ3v) is 5.25. The maximum atomic E-state index is 12.1. The number of phenolic OH excluding ortho intramolecular Hbond substituents is 1. The minimum atomic E-state index is -0.159. The minimum Gasteiger partial charge on any atom is -0.508 e. The Labute approximate surface area is 168 Å². The van der Waals surface area contributed by atoms with E-state index in [1.807, 2.05) is 6.92 Å². The largest absolute Gasteiger partial charge is 0.508 e. The number of methoxy groups -OCH3 is 1. The molecule has 0 saturated heterocycles. The molecular weight excluding hydrogens is 356 g/mol. The van der Waals surface area contributed by atoms with E-state index in [9.17, 15) is 9.90 Å². The van der Waals surface area contributed by atoms with Crippen LogP contribution in [0, 0.1) is 5.41 Å². The van der Waals surface area contributed by atoms with Gasteiger partial charge in [0.25, 0.3) is 5.91 Å². The summed E-state index contributed by atoms with van der Waals surface area (Å²) >= 11 is 0. The topological polar surface area (TPSA) is 95.0 Å². The fourth-order valence-corrected chi connectivity index (χ4v) is 3.59. The Balaban J connectivity index is 1.80. The minimum absolute atomic E-state index is 0.148. The van der Waals surface area contributed by atoms with Gasteiger partial charge in [0.1, 0.15) is 5.75 Å². The molecule has 0 atom stereocenters. The highest BCUT2D eigenvalue weighted by atomic mass is 16.5. The molecule has 2 rings (SSSR count). The Morgan fingerprint density at radius 1 is 1.14 bits per heavy atom. The third-order valence-electron chi connectivity index (χ3n) is 5.25. The van der Waals surface area contributed by atoms with Crippen LogP contribution in [0.15, 0.2) is 29.3 Å². The first-order valence-corrected chi connectivity index (χ1v) is 10.2. The molecule has 4 N–H and O–H groups in total. The van der Waals surface area contributed by atoms with Crippen molar-refractivity contribution in [3.63, 3.8) is 0 Å². The van der Waals surface area contributed by atoms with Crippen molar-refractivity contribution in [3.05, 3.63) is 29.8 Å². The monoisotopic (exact) mass is 390 g/mol. The molecule has 156 valence electrons. The molecule has 0 unspecified atom stereocenters. The molecule has 1 saturated carbocycles. The summed E-state index contributed by atoms with van der Waals surface area (Å²) in [7, 11) is 1.75. The maximum Gasteiger partial charge on any atom is 0.251 e. The zero-order valence-corrected chi connectivity index (χ0v) is 17.1. The van der Waals surface area contributed by atoms with Crippen molar-refractivity contribution in [2.24, 2.45) is 10.4 Å². The molecule has 1 amide bonds. The van der Waals surface area contributed by atoms with Crippen LogP contribution >= 0.6 is 0 Å². The van der Waals surface area contributed by atoms with Crippen molar-refractivity contribution in [2.75, 3.05) is 39.9 Å². The number of carbonyl (C=O) groups is 1. The summed E-state index contributed by atoms with van der Waals surface area (Å²) in [6, 6.07) is 6.21. The second kappa shape index (κ2) is 11.5. The fraction of sp³-hybridized carbons (Fsp3) is 0.619. The van der Waals surface area contributed by atoms with Gasteiger partial charge in [0.15, 0.2) is 5.96 Å². The molecule has 7 nitrogen and oxygen atoms in total. The van der Waals surface area contributed by atoms with Gasteiger partial charge in [-0.3, -0.25) is 9.79 Å². The van der Waals surface area contributed by atoms with Gasteiger partial charge in [-0.2, -0.15) is 0 Å². The summed E-state index contributed by atoms with van der Waals surface area (Å²) < 4.78 is 5.29. The Bertz CT molecular complexity index is 625. The molecule has 0 radical (unpaired) electrons. The molecule has 28 heavy (non-hydrogen) atoms. The number of nitrogens with zero attached hydrogens (tertiary/aromatic N) is 1. The van der Waals surface area contributed by atoms with E-state index >= 15 is 0 Å². The summed E-state index contributed by atoms with van der Waals surface area (Å²) in [5.74, 6) is 0.772. The lowest BCUT2D eigenvalue weighted by Crippen LogP contribution is -2.42. The van der Waals surface area contributed by atoms with E-state index in [0.29, 0.717) is 18.7 Å². The van der Waals surface area contributed by atoms with Gasteiger partial charge in [-0.25, -0.2) is 0 Å².